The van der Waals surface area contributed by atoms with E-state index in [2.05, 4.69) is 25.0 Å². The summed E-state index contributed by atoms with van der Waals surface area (Å²) in [5.41, 5.74) is 7.79. The molecule has 1 atom stereocenters. The van der Waals surface area contributed by atoms with Gasteiger partial charge in [-0.3, -0.25) is 4.68 Å². The second-order valence-electron chi connectivity index (χ2n) is 4.61. The van der Waals surface area contributed by atoms with E-state index in [9.17, 15) is 0 Å². The van der Waals surface area contributed by atoms with E-state index >= 15 is 0 Å². The summed E-state index contributed by atoms with van der Waals surface area (Å²) in [5, 5.41) is 4.56. The molecular weight excluding hydrogens is 226 g/mol. The molecule has 0 amide bonds. The minimum atomic E-state index is 0.446. The molecule has 4 nitrogen and oxygen atoms in total. The Hall–Kier alpha value is -1.13. The molecular formula is C14H25N3O. The number of methoxy groups -OCH3 is 1. The lowest BCUT2D eigenvalue weighted by molar-refractivity contribution is 0.223. The van der Waals surface area contributed by atoms with Gasteiger partial charge in [0.25, 0.3) is 0 Å². The van der Waals surface area contributed by atoms with E-state index in [1.54, 1.807) is 7.11 Å². The average molecular weight is 251 g/mol. The van der Waals surface area contributed by atoms with E-state index in [4.69, 9.17) is 10.5 Å². The largest absolute Gasteiger partial charge is 0.380 e. The fourth-order valence-corrected chi connectivity index (χ4v) is 1.77. The van der Waals surface area contributed by atoms with Crippen LogP contribution in [0.25, 0.3) is 6.08 Å². The van der Waals surface area contributed by atoms with Crippen molar-refractivity contribution in [3.63, 3.8) is 0 Å². The Morgan fingerprint density at radius 2 is 2.39 bits per heavy atom. The Morgan fingerprint density at radius 3 is 3.00 bits per heavy atom. The van der Waals surface area contributed by atoms with Gasteiger partial charge in [-0.05, 0) is 50.4 Å². The molecule has 0 spiro atoms. The lowest BCUT2D eigenvalue weighted by Crippen LogP contribution is -2.04. The van der Waals surface area contributed by atoms with Crippen molar-refractivity contribution in [1.29, 1.82) is 0 Å². The molecule has 102 valence electrons. The molecule has 0 aromatic carbocycles. The van der Waals surface area contributed by atoms with Gasteiger partial charge in [0.05, 0.1) is 12.3 Å². The average Bonchev–Trinajstić information content (AvgIpc) is 2.83. The minimum absolute atomic E-state index is 0.446. The number of nitrogens with zero attached hydrogens (tertiary/aromatic N) is 2. The summed E-state index contributed by atoms with van der Waals surface area (Å²) in [6, 6.07) is 2.49. The summed E-state index contributed by atoms with van der Waals surface area (Å²) in [6.45, 7) is 5.70. The number of rotatable bonds is 8. The fourth-order valence-electron chi connectivity index (χ4n) is 1.77. The van der Waals surface area contributed by atoms with Gasteiger partial charge in [0.2, 0.25) is 0 Å². The van der Waals surface area contributed by atoms with Crippen LogP contribution in [-0.4, -0.2) is 30.0 Å². The molecule has 0 bridgehead atoms. The summed E-state index contributed by atoms with van der Waals surface area (Å²) in [6.07, 6.45) is 7.19. The van der Waals surface area contributed by atoms with Crippen molar-refractivity contribution >= 4 is 6.08 Å². The monoisotopic (exact) mass is 251 g/mol. The van der Waals surface area contributed by atoms with Crippen LogP contribution in [0.3, 0.4) is 0 Å². The van der Waals surface area contributed by atoms with Crippen molar-refractivity contribution in [3.8, 4) is 0 Å². The molecule has 1 rings (SSSR count). The molecule has 0 aliphatic carbocycles. The standard InChI is InChI=1S/C14H25N3O/c1-4-12(2)17-9-7-14(16-17)10-13(11-18-3)6-5-8-15/h7,9-10,12H,4-6,8,11,15H2,1-3H3/b13-10-. The van der Waals surface area contributed by atoms with Crippen molar-refractivity contribution in [2.45, 2.75) is 39.2 Å². The van der Waals surface area contributed by atoms with E-state index in [1.165, 1.54) is 5.57 Å². The molecule has 1 heterocycles. The molecule has 0 saturated carbocycles. The van der Waals surface area contributed by atoms with Crippen LogP contribution in [0.1, 0.15) is 44.8 Å². The van der Waals surface area contributed by atoms with Crippen LogP contribution in [-0.2, 0) is 4.74 Å². The maximum Gasteiger partial charge on any atom is 0.0851 e. The minimum Gasteiger partial charge on any atom is -0.380 e. The van der Waals surface area contributed by atoms with Crippen molar-refractivity contribution in [1.82, 2.24) is 9.78 Å². The predicted molar refractivity (Wildman–Crippen MR) is 75.4 cm³/mol. The third kappa shape index (κ3) is 4.63. The van der Waals surface area contributed by atoms with Crippen LogP contribution in [0.15, 0.2) is 17.8 Å². The summed E-state index contributed by atoms with van der Waals surface area (Å²) in [7, 11) is 1.72. The Labute approximate surface area is 110 Å². The van der Waals surface area contributed by atoms with E-state index < -0.39 is 0 Å². The molecule has 1 unspecified atom stereocenters. The number of nitrogens with two attached hydrogens (primary N) is 1. The molecule has 0 aliphatic rings. The second-order valence-corrected chi connectivity index (χ2v) is 4.61. The molecule has 2 N–H and O–H groups in total. The van der Waals surface area contributed by atoms with Gasteiger partial charge in [0.1, 0.15) is 0 Å². The topological polar surface area (TPSA) is 53.1 Å². The third-order valence-corrected chi connectivity index (χ3v) is 3.06. The lowest BCUT2D eigenvalue weighted by Gasteiger charge is -2.08. The third-order valence-electron chi connectivity index (χ3n) is 3.06. The molecule has 0 aliphatic heterocycles. The summed E-state index contributed by atoms with van der Waals surface area (Å²) < 4.78 is 7.22. The molecule has 18 heavy (non-hydrogen) atoms. The van der Waals surface area contributed by atoms with Crippen molar-refractivity contribution in [2.75, 3.05) is 20.3 Å². The molecule has 0 radical (unpaired) electrons. The Morgan fingerprint density at radius 1 is 1.61 bits per heavy atom. The summed E-state index contributed by atoms with van der Waals surface area (Å²) >= 11 is 0. The zero-order chi connectivity index (χ0) is 13.4. The molecule has 0 fully saturated rings. The highest BCUT2D eigenvalue weighted by Crippen LogP contribution is 2.13. The highest BCUT2D eigenvalue weighted by atomic mass is 16.5. The lowest BCUT2D eigenvalue weighted by atomic mass is 10.1. The molecule has 4 heteroatoms. The van der Waals surface area contributed by atoms with Gasteiger partial charge >= 0.3 is 0 Å². The van der Waals surface area contributed by atoms with Gasteiger partial charge in [-0.25, -0.2) is 0 Å². The number of ether oxygens (including phenoxy) is 1. The van der Waals surface area contributed by atoms with Gasteiger partial charge in [-0.15, -0.1) is 0 Å². The first kappa shape index (κ1) is 14.9. The van der Waals surface area contributed by atoms with Crippen molar-refractivity contribution < 1.29 is 4.74 Å². The first-order valence-electron chi connectivity index (χ1n) is 6.64. The normalized spacial score (nSPS) is 13.9. The second kappa shape index (κ2) is 8.06. The first-order chi connectivity index (χ1) is 8.71. The fraction of sp³-hybridized carbons (Fsp3) is 0.643. The zero-order valence-corrected chi connectivity index (χ0v) is 11.7. The van der Waals surface area contributed by atoms with E-state index in [-0.39, 0.29) is 0 Å². The van der Waals surface area contributed by atoms with Gasteiger partial charge in [0.15, 0.2) is 0 Å². The van der Waals surface area contributed by atoms with Gasteiger partial charge < -0.3 is 10.5 Å². The molecule has 1 aromatic heterocycles. The number of hydrogen-bond donors (Lipinski definition) is 1. The summed E-state index contributed by atoms with van der Waals surface area (Å²) in [5.74, 6) is 0. The Kier molecular flexibility index (Phi) is 6.68. The number of hydrogen-bond acceptors (Lipinski definition) is 3. The van der Waals surface area contributed by atoms with Gasteiger partial charge in [-0.2, -0.15) is 5.10 Å². The summed E-state index contributed by atoms with van der Waals surface area (Å²) in [4.78, 5) is 0. The first-order valence-corrected chi connectivity index (χ1v) is 6.64. The predicted octanol–water partition coefficient (Wildman–Crippen LogP) is 2.62. The van der Waals surface area contributed by atoms with Crippen molar-refractivity contribution in [3.05, 3.63) is 23.5 Å². The van der Waals surface area contributed by atoms with Crippen LogP contribution < -0.4 is 5.73 Å². The van der Waals surface area contributed by atoms with E-state index in [0.717, 1.165) is 25.0 Å². The van der Waals surface area contributed by atoms with Gasteiger partial charge in [0, 0.05) is 19.3 Å². The van der Waals surface area contributed by atoms with E-state index in [1.807, 2.05) is 16.9 Å². The Balaban J connectivity index is 2.73. The highest BCUT2D eigenvalue weighted by Gasteiger charge is 2.04. The maximum atomic E-state index is 5.54. The molecule has 0 saturated heterocycles. The van der Waals surface area contributed by atoms with Gasteiger partial charge in [-0.1, -0.05) is 6.92 Å². The van der Waals surface area contributed by atoms with Crippen LogP contribution in [0.5, 0.6) is 0 Å². The van der Waals surface area contributed by atoms with Crippen LogP contribution in [0.2, 0.25) is 0 Å². The molecule has 1 aromatic rings. The Bertz CT molecular complexity index is 371. The van der Waals surface area contributed by atoms with Crippen LogP contribution in [0.4, 0.5) is 0 Å². The van der Waals surface area contributed by atoms with Crippen molar-refractivity contribution in [2.24, 2.45) is 5.73 Å². The maximum absolute atomic E-state index is 5.54. The number of aromatic nitrogens is 2. The van der Waals surface area contributed by atoms with E-state index in [0.29, 0.717) is 19.2 Å². The smallest absolute Gasteiger partial charge is 0.0851 e. The van der Waals surface area contributed by atoms with Crippen LogP contribution >= 0.6 is 0 Å². The quantitative estimate of drug-likeness (QED) is 0.772. The SMILES string of the molecule is CCC(C)n1ccc(/C=C(/CCCN)COC)n1. The highest BCUT2D eigenvalue weighted by molar-refractivity contribution is 5.48. The zero-order valence-electron chi connectivity index (χ0n) is 11.7. The van der Waals surface area contributed by atoms with Crippen LogP contribution in [0, 0.1) is 0 Å².